The molecule has 0 amide bonds. The molecule has 166 valence electrons. The van der Waals surface area contributed by atoms with Crippen molar-refractivity contribution in [2.45, 2.75) is 77.7 Å². The summed E-state index contributed by atoms with van der Waals surface area (Å²) >= 11 is 6.02. The van der Waals surface area contributed by atoms with Crippen molar-refractivity contribution in [1.29, 1.82) is 0 Å². The highest BCUT2D eigenvalue weighted by atomic mass is 32.1. The predicted octanol–water partition coefficient (Wildman–Crippen LogP) is 5.74. The van der Waals surface area contributed by atoms with Gasteiger partial charge < -0.3 is 14.1 Å². The normalized spacial score (nSPS) is 24.6. The van der Waals surface area contributed by atoms with Crippen molar-refractivity contribution in [3.8, 4) is 0 Å². The molecule has 4 nitrogen and oxygen atoms in total. The Balaban J connectivity index is 1.94. The van der Waals surface area contributed by atoms with Crippen LogP contribution in [0.2, 0.25) is 18.1 Å². The fourth-order valence-electron chi connectivity index (χ4n) is 4.22. The van der Waals surface area contributed by atoms with E-state index in [0.717, 1.165) is 24.4 Å². The van der Waals surface area contributed by atoms with E-state index in [1.807, 2.05) is 13.0 Å². The van der Waals surface area contributed by atoms with Crippen molar-refractivity contribution in [3.63, 3.8) is 0 Å². The summed E-state index contributed by atoms with van der Waals surface area (Å²) in [7, 11) is -2.07. The van der Waals surface area contributed by atoms with Crippen LogP contribution in [0.15, 0.2) is 30.3 Å². The van der Waals surface area contributed by atoms with Gasteiger partial charge in [-0.2, -0.15) is 0 Å². The van der Waals surface area contributed by atoms with Crippen LogP contribution in [0.1, 0.15) is 59.1 Å². The number of carbonyl (C=O) groups excluding carboxylic acids is 1. The summed E-state index contributed by atoms with van der Waals surface area (Å²) in [5, 5.41) is 0.0757. The molecule has 1 aliphatic carbocycles. The quantitative estimate of drug-likeness (QED) is 0.303. The molecule has 2 fully saturated rings. The van der Waals surface area contributed by atoms with E-state index in [1.54, 1.807) is 0 Å². The van der Waals surface area contributed by atoms with Crippen LogP contribution in [0.4, 0.5) is 0 Å². The first-order chi connectivity index (χ1) is 13.9. The van der Waals surface area contributed by atoms with Gasteiger partial charge in [0.1, 0.15) is 11.1 Å². The van der Waals surface area contributed by atoms with E-state index in [9.17, 15) is 4.79 Å². The summed E-state index contributed by atoms with van der Waals surface area (Å²) in [5.74, 6) is -0.0276. The molecule has 6 heteroatoms. The topological polar surface area (TPSA) is 38.8 Å². The van der Waals surface area contributed by atoms with Gasteiger partial charge in [-0.05, 0) is 50.4 Å². The molecule has 30 heavy (non-hydrogen) atoms. The fraction of sp³-hybridized carbons (Fsp3) is 0.667. The molecule has 3 atom stereocenters. The predicted molar refractivity (Wildman–Crippen MR) is 128 cm³/mol. The first-order valence-electron chi connectivity index (χ1n) is 11.1. The average Bonchev–Trinajstić information content (AvgIpc) is 3.42. The Morgan fingerprint density at radius 2 is 1.87 bits per heavy atom. The standard InChI is InChI=1S/C24H37NO3SSi/c1-8-27-22(26)24(14-15-24)19-16-25(17(2)18-12-10-9-11-13-18)21(29)20(19)28-30(6,7)23(3,4)5/h9-13,17,19-20H,8,14-16H2,1-7H3/t17-,19-,20?/m0/s1. The van der Waals surface area contributed by atoms with Crippen molar-refractivity contribution in [3.05, 3.63) is 35.9 Å². The molecule has 2 aliphatic rings. The Kier molecular flexibility index (Phi) is 6.53. The number of hydrogen-bond acceptors (Lipinski definition) is 4. The first-order valence-corrected chi connectivity index (χ1v) is 14.5. The maximum atomic E-state index is 12.9. The molecular formula is C24H37NO3SSi. The summed E-state index contributed by atoms with van der Waals surface area (Å²) in [6, 6.07) is 10.6. The lowest BCUT2D eigenvalue weighted by atomic mass is 9.86. The van der Waals surface area contributed by atoms with Crippen LogP contribution < -0.4 is 0 Å². The van der Waals surface area contributed by atoms with Crippen LogP contribution in [-0.4, -0.2) is 43.4 Å². The minimum atomic E-state index is -2.07. The summed E-state index contributed by atoms with van der Waals surface area (Å²) in [4.78, 5) is 16.1. The van der Waals surface area contributed by atoms with Gasteiger partial charge in [0, 0.05) is 12.5 Å². The zero-order chi connectivity index (χ0) is 22.3. The Hall–Kier alpha value is -1.24. The molecule has 0 bridgehead atoms. The molecule has 1 aliphatic heterocycles. The van der Waals surface area contributed by atoms with Gasteiger partial charge in [-0.1, -0.05) is 63.3 Å². The average molecular weight is 448 g/mol. The zero-order valence-electron chi connectivity index (χ0n) is 19.5. The largest absolute Gasteiger partial charge is 0.466 e. The minimum absolute atomic E-state index is 0.0457. The lowest BCUT2D eigenvalue weighted by Crippen LogP contribution is -2.49. The van der Waals surface area contributed by atoms with Crippen LogP contribution in [-0.2, 0) is 14.0 Å². The SMILES string of the molecule is CCOC(=O)C1([C@H]2CN([C@@H](C)c3ccccc3)C(=S)C2O[Si](C)(C)C(C)(C)C)CC1. The molecule has 3 rings (SSSR count). The number of nitrogens with zero attached hydrogens (tertiary/aromatic N) is 1. The smallest absolute Gasteiger partial charge is 0.312 e. The molecule has 1 saturated heterocycles. The maximum absolute atomic E-state index is 12.9. The zero-order valence-corrected chi connectivity index (χ0v) is 21.3. The van der Waals surface area contributed by atoms with Gasteiger partial charge in [0.2, 0.25) is 0 Å². The number of hydrogen-bond donors (Lipinski definition) is 0. The number of thiocarbonyl (C=S) groups is 1. The van der Waals surface area contributed by atoms with Crippen LogP contribution >= 0.6 is 12.2 Å². The van der Waals surface area contributed by atoms with E-state index < -0.39 is 13.7 Å². The van der Waals surface area contributed by atoms with Gasteiger partial charge >= 0.3 is 5.97 Å². The monoisotopic (exact) mass is 447 g/mol. The Bertz CT molecular complexity index is 785. The Morgan fingerprint density at radius 1 is 1.27 bits per heavy atom. The van der Waals surface area contributed by atoms with Gasteiger partial charge in [0.05, 0.1) is 18.1 Å². The molecule has 1 aromatic carbocycles. The Labute approximate surface area is 188 Å². The van der Waals surface area contributed by atoms with Crippen LogP contribution in [0.25, 0.3) is 0 Å². The summed E-state index contributed by atoms with van der Waals surface area (Å²) in [6.45, 7) is 16.5. The molecule has 1 aromatic rings. The number of benzene rings is 1. The molecule has 0 aromatic heterocycles. The van der Waals surface area contributed by atoms with Crippen LogP contribution in [0.5, 0.6) is 0 Å². The third kappa shape index (κ3) is 4.23. The van der Waals surface area contributed by atoms with E-state index in [1.165, 1.54) is 5.56 Å². The van der Waals surface area contributed by atoms with E-state index >= 15 is 0 Å². The maximum Gasteiger partial charge on any atom is 0.312 e. The number of rotatable bonds is 7. The lowest BCUT2D eigenvalue weighted by molar-refractivity contribution is -0.153. The summed E-state index contributed by atoms with van der Waals surface area (Å²) in [5.41, 5.74) is 0.783. The highest BCUT2D eigenvalue weighted by molar-refractivity contribution is 7.80. The molecule has 1 heterocycles. The molecule has 1 saturated carbocycles. The summed E-state index contributed by atoms with van der Waals surface area (Å²) in [6.07, 6.45) is 1.52. The van der Waals surface area contributed by atoms with Gasteiger partial charge in [-0.3, -0.25) is 4.79 Å². The van der Waals surface area contributed by atoms with E-state index in [-0.39, 0.29) is 29.1 Å². The highest BCUT2D eigenvalue weighted by Gasteiger charge is 2.63. The summed E-state index contributed by atoms with van der Waals surface area (Å²) < 4.78 is 12.4. The van der Waals surface area contributed by atoms with Crippen molar-refractivity contribution in [1.82, 2.24) is 4.90 Å². The fourth-order valence-corrected chi connectivity index (χ4v) is 6.02. The van der Waals surface area contributed by atoms with E-state index in [4.69, 9.17) is 21.4 Å². The van der Waals surface area contributed by atoms with Crippen LogP contribution in [0.3, 0.4) is 0 Å². The van der Waals surface area contributed by atoms with E-state index in [2.05, 4.69) is 70.0 Å². The Morgan fingerprint density at radius 3 is 2.37 bits per heavy atom. The minimum Gasteiger partial charge on any atom is -0.466 e. The van der Waals surface area contributed by atoms with Crippen molar-refractivity contribution < 1.29 is 14.0 Å². The number of carbonyl (C=O) groups is 1. The van der Waals surface area contributed by atoms with Crippen LogP contribution in [0, 0.1) is 11.3 Å². The number of likely N-dealkylation sites (tertiary alicyclic amines) is 1. The number of ether oxygens (including phenoxy) is 1. The third-order valence-electron chi connectivity index (χ3n) is 7.44. The number of esters is 1. The van der Waals surface area contributed by atoms with Gasteiger partial charge in [-0.15, -0.1) is 0 Å². The van der Waals surface area contributed by atoms with Gasteiger partial charge in [0.15, 0.2) is 8.32 Å². The molecule has 0 N–H and O–H groups in total. The second kappa shape index (κ2) is 8.36. The van der Waals surface area contributed by atoms with E-state index in [0.29, 0.717) is 6.61 Å². The molecule has 1 unspecified atom stereocenters. The van der Waals surface area contributed by atoms with Crippen molar-refractivity contribution in [2.75, 3.05) is 13.2 Å². The molecule has 0 spiro atoms. The van der Waals surface area contributed by atoms with Crippen molar-refractivity contribution in [2.24, 2.45) is 11.3 Å². The molecular weight excluding hydrogens is 410 g/mol. The highest BCUT2D eigenvalue weighted by Crippen LogP contribution is 2.58. The van der Waals surface area contributed by atoms with Crippen molar-refractivity contribution >= 4 is 31.5 Å². The van der Waals surface area contributed by atoms with Gasteiger partial charge in [0.25, 0.3) is 0 Å². The lowest BCUT2D eigenvalue weighted by Gasteiger charge is -2.40. The molecule has 0 radical (unpaired) electrons. The second-order valence-electron chi connectivity index (χ2n) is 10.4. The first kappa shape index (κ1) is 23.4. The second-order valence-corrected chi connectivity index (χ2v) is 15.5. The third-order valence-corrected chi connectivity index (χ3v) is 12.4. The van der Waals surface area contributed by atoms with Gasteiger partial charge in [-0.25, -0.2) is 0 Å².